The molecule has 3 aliphatic rings. The highest BCUT2D eigenvalue weighted by atomic mass is 16.5. The molecular formula is C29H38N6O3. The van der Waals surface area contributed by atoms with Crippen LogP contribution in [0.15, 0.2) is 30.3 Å². The molecule has 1 saturated carbocycles. The summed E-state index contributed by atoms with van der Waals surface area (Å²) >= 11 is 0. The Bertz CT molecular complexity index is 1280. The number of methoxy groups -OCH3 is 1. The van der Waals surface area contributed by atoms with Gasteiger partial charge in [0.15, 0.2) is 5.65 Å². The maximum atomic E-state index is 5.72. The van der Waals surface area contributed by atoms with Gasteiger partial charge in [0.1, 0.15) is 11.6 Å². The summed E-state index contributed by atoms with van der Waals surface area (Å²) in [5.41, 5.74) is 3.80. The van der Waals surface area contributed by atoms with Crippen LogP contribution in [0.25, 0.3) is 22.3 Å². The second-order valence-corrected chi connectivity index (χ2v) is 10.8. The van der Waals surface area contributed by atoms with Crippen molar-refractivity contribution in [1.82, 2.24) is 20.3 Å². The molecule has 3 aromatic rings. The predicted molar refractivity (Wildman–Crippen MR) is 149 cm³/mol. The smallest absolute Gasteiger partial charge is 0.229 e. The lowest BCUT2D eigenvalue weighted by Crippen LogP contribution is -2.46. The molecule has 6 rings (SSSR count). The molecule has 0 spiro atoms. The minimum atomic E-state index is 0.201. The summed E-state index contributed by atoms with van der Waals surface area (Å²) in [5.74, 6) is 3.37. The molecule has 0 bridgehead atoms. The van der Waals surface area contributed by atoms with Gasteiger partial charge in [0.2, 0.25) is 5.95 Å². The van der Waals surface area contributed by atoms with Crippen LogP contribution in [0.2, 0.25) is 0 Å². The van der Waals surface area contributed by atoms with E-state index < -0.39 is 0 Å². The number of nitrogens with one attached hydrogen (secondary N) is 1. The van der Waals surface area contributed by atoms with E-state index in [0.717, 1.165) is 65.9 Å². The van der Waals surface area contributed by atoms with E-state index in [1.165, 1.54) is 12.8 Å². The van der Waals surface area contributed by atoms with Crippen molar-refractivity contribution < 1.29 is 14.2 Å². The van der Waals surface area contributed by atoms with Crippen molar-refractivity contribution in [2.75, 3.05) is 63.0 Å². The highest BCUT2D eigenvalue weighted by Gasteiger charge is 2.27. The number of aromatic nitrogens is 3. The van der Waals surface area contributed by atoms with Crippen LogP contribution in [-0.2, 0) is 16.0 Å². The monoisotopic (exact) mass is 518 g/mol. The van der Waals surface area contributed by atoms with Crippen molar-refractivity contribution >= 4 is 22.8 Å². The van der Waals surface area contributed by atoms with Gasteiger partial charge in [-0.15, -0.1) is 0 Å². The molecule has 1 aromatic carbocycles. The van der Waals surface area contributed by atoms with Gasteiger partial charge in [-0.3, -0.25) is 0 Å². The minimum absolute atomic E-state index is 0.201. The second kappa shape index (κ2) is 11.0. The largest absolute Gasteiger partial charge is 0.496 e. The van der Waals surface area contributed by atoms with E-state index in [0.29, 0.717) is 38.0 Å². The predicted octanol–water partition coefficient (Wildman–Crippen LogP) is 3.65. The Morgan fingerprint density at radius 1 is 0.947 bits per heavy atom. The number of anilines is 2. The Morgan fingerprint density at radius 2 is 1.71 bits per heavy atom. The molecule has 3 fully saturated rings. The molecule has 1 aliphatic carbocycles. The standard InChI is InChI=1S/C29H38N6O3/c1-19-17-37-12-10-34(19)28-24-7-8-25(31-27(24)32-29(33-28)35-11-13-38-18-20(35)2)22-6-9-26(36-3)23(14-22)16-30-15-21-4-5-21/h6-9,14,19-21,30H,4-5,10-13,15-18H2,1-3H3/t19?,20-/m0/s1. The van der Waals surface area contributed by atoms with Crippen LogP contribution in [0.3, 0.4) is 0 Å². The normalized spacial score (nSPS) is 22.2. The number of fused-ring (bicyclic) bond motifs is 1. The van der Waals surface area contributed by atoms with Crippen LogP contribution in [0.4, 0.5) is 11.8 Å². The third-order valence-electron chi connectivity index (χ3n) is 7.81. The lowest BCUT2D eigenvalue weighted by atomic mass is 10.1. The van der Waals surface area contributed by atoms with Gasteiger partial charge in [-0.05, 0) is 69.5 Å². The molecule has 202 valence electrons. The van der Waals surface area contributed by atoms with Crippen molar-refractivity contribution in [3.8, 4) is 17.0 Å². The molecule has 38 heavy (non-hydrogen) atoms. The Hall–Kier alpha value is -3.01. The zero-order valence-electron chi connectivity index (χ0n) is 22.7. The van der Waals surface area contributed by atoms with Crippen molar-refractivity contribution in [3.05, 3.63) is 35.9 Å². The average Bonchev–Trinajstić information content (AvgIpc) is 3.77. The summed E-state index contributed by atoms with van der Waals surface area (Å²) in [4.78, 5) is 19.8. The first-order chi connectivity index (χ1) is 18.6. The van der Waals surface area contributed by atoms with Crippen molar-refractivity contribution in [2.24, 2.45) is 5.92 Å². The van der Waals surface area contributed by atoms with Crippen LogP contribution in [-0.4, -0.2) is 80.2 Å². The van der Waals surface area contributed by atoms with Crippen LogP contribution < -0.4 is 19.9 Å². The van der Waals surface area contributed by atoms with E-state index in [1.54, 1.807) is 7.11 Å². The molecular weight excluding hydrogens is 480 g/mol. The van der Waals surface area contributed by atoms with Gasteiger partial charge < -0.3 is 29.3 Å². The molecule has 1 N–H and O–H groups in total. The van der Waals surface area contributed by atoms with E-state index in [4.69, 9.17) is 29.2 Å². The lowest BCUT2D eigenvalue weighted by Gasteiger charge is -2.37. The molecule has 4 heterocycles. The van der Waals surface area contributed by atoms with Crippen molar-refractivity contribution in [2.45, 2.75) is 45.3 Å². The molecule has 9 nitrogen and oxygen atoms in total. The summed E-state index contributed by atoms with van der Waals surface area (Å²) in [6.07, 6.45) is 2.67. The van der Waals surface area contributed by atoms with Gasteiger partial charge in [0.25, 0.3) is 0 Å². The zero-order valence-corrected chi connectivity index (χ0v) is 22.7. The fourth-order valence-corrected chi connectivity index (χ4v) is 5.37. The van der Waals surface area contributed by atoms with Gasteiger partial charge >= 0.3 is 0 Å². The molecule has 2 atom stereocenters. The third kappa shape index (κ3) is 5.28. The molecule has 1 unspecified atom stereocenters. The first kappa shape index (κ1) is 25.3. The van der Waals surface area contributed by atoms with Crippen LogP contribution in [0.5, 0.6) is 5.75 Å². The number of hydrogen-bond donors (Lipinski definition) is 1. The van der Waals surface area contributed by atoms with E-state index in [-0.39, 0.29) is 12.1 Å². The molecule has 2 aliphatic heterocycles. The SMILES string of the molecule is COc1ccc(-c2ccc3c(N4CCOCC4C)nc(N4CCOC[C@@H]4C)nc3n2)cc1CNCC1CC1. The summed E-state index contributed by atoms with van der Waals surface area (Å²) in [6.45, 7) is 10.4. The lowest BCUT2D eigenvalue weighted by molar-refractivity contribution is 0.0973. The highest BCUT2D eigenvalue weighted by molar-refractivity contribution is 5.90. The zero-order chi connectivity index (χ0) is 26.1. The number of rotatable bonds is 8. The molecule has 2 saturated heterocycles. The van der Waals surface area contributed by atoms with Crippen molar-refractivity contribution in [1.29, 1.82) is 0 Å². The number of morpholine rings is 2. The Kier molecular flexibility index (Phi) is 7.32. The van der Waals surface area contributed by atoms with Gasteiger partial charge in [-0.2, -0.15) is 9.97 Å². The van der Waals surface area contributed by atoms with E-state index in [9.17, 15) is 0 Å². The first-order valence-electron chi connectivity index (χ1n) is 13.9. The fraction of sp³-hybridized carbons (Fsp3) is 0.552. The van der Waals surface area contributed by atoms with Gasteiger partial charge in [0, 0.05) is 30.8 Å². The first-order valence-corrected chi connectivity index (χ1v) is 13.9. The number of pyridine rings is 1. The average molecular weight is 519 g/mol. The molecule has 2 aromatic heterocycles. The summed E-state index contributed by atoms with van der Waals surface area (Å²) in [5, 5.41) is 4.55. The van der Waals surface area contributed by atoms with Gasteiger partial charge in [0.05, 0.1) is 56.7 Å². The van der Waals surface area contributed by atoms with Gasteiger partial charge in [-0.1, -0.05) is 0 Å². The molecule has 0 radical (unpaired) electrons. The maximum Gasteiger partial charge on any atom is 0.229 e. The highest BCUT2D eigenvalue weighted by Crippen LogP contribution is 2.33. The van der Waals surface area contributed by atoms with Crippen LogP contribution >= 0.6 is 0 Å². The van der Waals surface area contributed by atoms with Crippen molar-refractivity contribution in [3.63, 3.8) is 0 Å². The van der Waals surface area contributed by atoms with Crippen LogP contribution in [0, 0.1) is 5.92 Å². The number of ether oxygens (including phenoxy) is 3. The third-order valence-corrected chi connectivity index (χ3v) is 7.81. The number of nitrogens with zero attached hydrogens (tertiary/aromatic N) is 5. The van der Waals surface area contributed by atoms with E-state index in [2.05, 4.69) is 53.2 Å². The van der Waals surface area contributed by atoms with E-state index >= 15 is 0 Å². The topological polar surface area (TPSA) is 84.9 Å². The Morgan fingerprint density at radius 3 is 2.42 bits per heavy atom. The van der Waals surface area contributed by atoms with Crippen LogP contribution in [0.1, 0.15) is 32.3 Å². The Labute approximate surface area is 224 Å². The molecule has 0 amide bonds. The van der Waals surface area contributed by atoms with E-state index in [1.807, 2.05) is 6.07 Å². The Balaban J connectivity index is 1.39. The second-order valence-electron chi connectivity index (χ2n) is 10.8. The number of hydrogen-bond acceptors (Lipinski definition) is 9. The van der Waals surface area contributed by atoms with Gasteiger partial charge in [-0.25, -0.2) is 4.98 Å². The number of benzene rings is 1. The summed E-state index contributed by atoms with van der Waals surface area (Å²) < 4.78 is 17.1. The maximum absolute atomic E-state index is 5.72. The quantitative estimate of drug-likeness (QED) is 0.480. The molecule has 9 heteroatoms. The summed E-state index contributed by atoms with van der Waals surface area (Å²) in [6, 6.07) is 10.9. The summed E-state index contributed by atoms with van der Waals surface area (Å²) in [7, 11) is 1.73. The fourth-order valence-electron chi connectivity index (χ4n) is 5.37. The minimum Gasteiger partial charge on any atom is -0.496 e.